The molecule has 1 aromatic rings. The van der Waals surface area contributed by atoms with E-state index in [1.165, 1.54) is 0 Å². The summed E-state index contributed by atoms with van der Waals surface area (Å²) >= 11 is 0. The van der Waals surface area contributed by atoms with Crippen LogP contribution in [0.3, 0.4) is 0 Å². The summed E-state index contributed by atoms with van der Waals surface area (Å²) in [4.78, 5) is 17.6. The van der Waals surface area contributed by atoms with Gasteiger partial charge in [0, 0.05) is 16.5 Å². The Morgan fingerprint density at radius 2 is 2.00 bits per heavy atom. The highest BCUT2D eigenvalue weighted by Gasteiger charge is 2.61. The molecule has 0 saturated heterocycles. The first-order chi connectivity index (χ1) is 8.36. The summed E-state index contributed by atoms with van der Waals surface area (Å²) in [5, 5.41) is 14.6. The number of rotatable bonds is 0. The molecule has 1 aromatic carbocycles. The molecule has 3 rings (SSSR count). The Balaban J connectivity index is 2.16. The van der Waals surface area contributed by atoms with E-state index in [4.69, 9.17) is 4.84 Å². The van der Waals surface area contributed by atoms with Crippen LogP contribution in [0.2, 0.25) is 0 Å². The first-order valence-corrected chi connectivity index (χ1v) is 5.98. The molecule has 0 aromatic heterocycles. The van der Waals surface area contributed by atoms with Gasteiger partial charge in [0.25, 0.3) is 5.79 Å². The van der Waals surface area contributed by atoms with E-state index < -0.39 is 11.7 Å². The lowest BCUT2D eigenvalue weighted by molar-refractivity contribution is -0.204. The molecule has 1 aliphatic carbocycles. The first-order valence-electron chi connectivity index (χ1n) is 5.98. The van der Waals surface area contributed by atoms with Crippen molar-refractivity contribution in [1.29, 1.82) is 0 Å². The van der Waals surface area contributed by atoms with E-state index in [1.54, 1.807) is 24.3 Å². The van der Waals surface area contributed by atoms with E-state index in [9.17, 15) is 9.90 Å². The molecule has 4 heteroatoms. The van der Waals surface area contributed by atoms with E-state index in [0.717, 1.165) is 0 Å². The molecule has 0 amide bonds. The number of oxime groups is 1. The molecular weight excluding hydrogens is 230 g/mol. The van der Waals surface area contributed by atoms with Crippen LogP contribution in [0.5, 0.6) is 0 Å². The summed E-state index contributed by atoms with van der Waals surface area (Å²) in [5.41, 5.74) is 1.34. The Bertz CT molecular complexity index is 571. The molecule has 0 spiro atoms. The van der Waals surface area contributed by atoms with Crippen LogP contribution in [-0.4, -0.2) is 16.6 Å². The number of ketones is 1. The summed E-state index contributed by atoms with van der Waals surface area (Å²) in [6.45, 7) is 5.87. The molecule has 1 heterocycles. The third-order valence-electron chi connectivity index (χ3n) is 3.56. The zero-order chi connectivity index (χ0) is 13.1. The predicted molar refractivity (Wildman–Crippen MR) is 66.1 cm³/mol. The Hall–Kier alpha value is -1.68. The fourth-order valence-electron chi connectivity index (χ4n) is 2.65. The fourth-order valence-corrected chi connectivity index (χ4v) is 2.65. The van der Waals surface area contributed by atoms with Gasteiger partial charge in [0.2, 0.25) is 0 Å². The van der Waals surface area contributed by atoms with Crippen LogP contribution in [0, 0.1) is 11.3 Å². The second kappa shape index (κ2) is 3.20. The van der Waals surface area contributed by atoms with Crippen LogP contribution in [0.1, 0.15) is 36.7 Å². The second-order valence-corrected chi connectivity index (χ2v) is 5.86. The lowest BCUT2D eigenvalue weighted by Gasteiger charge is -2.24. The topological polar surface area (TPSA) is 58.9 Å². The van der Waals surface area contributed by atoms with Crippen molar-refractivity contribution in [3.05, 3.63) is 35.4 Å². The van der Waals surface area contributed by atoms with Crippen LogP contribution in [0.15, 0.2) is 29.4 Å². The van der Waals surface area contributed by atoms with E-state index in [0.29, 0.717) is 16.8 Å². The third-order valence-corrected chi connectivity index (χ3v) is 3.56. The van der Waals surface area contributed by atoms with Crippen molar-refractivity contribution in [2.24, 2.45) is 16.5 Å². The van der Waals surface area contributed by atoms with Gasteiger partial charge in [-0.1, -0.05) is 50.2 Å². The molecule has 4 nitrogen and oxygen atoms in total. The molecule has 94 valence electrons. The van der Waals surface area contributed by atoms with Crippen LogP contribution >= 0.6 is 0 Å². The standard InChI is InChI=1S/C14H15NO3/c1-13(2,3)12-10-11(16)8-6-4-5-7-9(8)14(10,17)18-15-12/h4-7,10,17H,1-3H3. The average Bonchev–Trinajstić information content (AvgIpc) is 2.75. The van der Waals surface area contributed by atoms with Crippen molar-refractivity contribution in [3.8, 4) is 0 Å². The van der Waals surface area contributed by atoms with Gasteiger partial charge in [0.05, 0.1) is 5.71 Å². The highest BCUT2D eigenvalue weighted by molar-refractivity contribution is 6.18. The van der Waals surface area contributed by atoms with Gasteiger partial charge in [-0.25, -0.2) is 0 Å². The van der Waals surface area contributed by atoms with E-state index in [-0.39, 0.29) is 11.2 Å². The molecule has 2 aliphatic rings. The highest BCUT2D eigenvalue weighted by atomic mass is 16.7. The number of hydrogen-bond acceptors (Lipinski definition) is 4. The number of hydrogen-bond donors (Lipinski definition) is 1. The number of nitrogens with zero attached hydrogens (tertiary/aromatic N) is 1. The molecule has 1 N–H and O–H groups in total. The Kier molecular flexibility index (Phi) is 2.03. The van der Waals surface area contributed by atoms with Gasteiger partial charge in [-0.05, 0) is 0 Å². The molecule has 2 unspecified atom stereocenters. The van der Waals surface area contributed by atoms with Gasteiger partial charge < -0.3 is 9.94 Å². The number of Topliss-reactive ketones (excluding diaryl/α,β-unsaturated/α-hetero) is 1. The van der Waals surface area contributed by atoms with Gasteiger partial charge in [0.15, 0.2) is 5.78 Å². The van der Waals surface area contributed by atoms with Gasteiger partial charge >= 0.3 is 0 Å². The predicted octanol–water partition coefficient (Wildman–Crippen LogP) is 2.08. The quantitative estimate of drug-likeness (QED) is 0.761. The third kappa shape index (κ3) is 1.24. The SMILES string of the molecule is CC(C)(C)C1=NOC2(O)c3ccccc3C(=O)C12. The lowest BCUT2D eigenvalue weighted by Crippen LogP contribution is -2.39. The summed E-state index contributed by atoms with van der Waals surface area (Å²) in [5.74, 6) is -2.44. The summed E-state index contributed by atoms with van der Waals surface area (Å²) in [7, 11) is 0. The Labute approximate surface area is 105 Å². The van der Waals surface area contributed by atoms with Gasteiger partial charge in [0.1, 0.15) is 5.92 Å². The monoisotopic (exact) mass is 245 g/mol. The van der Waals surface area contributed by atoms with Crippen molar-refractivity contribution in [1.82, 2.24) is 0 Å². The number of carbonyl (C=O) groups excluding carboxylic acids is 1. The smallest absolute Gasteiger partial charge is 0.277 e. The van der Waals surface area contributed by atoms with Crippen molar-refractivity contribution >= 4 is 11.5 Å². The van der Waals surface area contributed by atoms with Crippen molar-refractivity contribution in [3.63, 3.8) is 0 Å². The maximum absolute atomic E-state index is 12.4. The van der Waals surface area contributed by atoms with Crippen LogP contribution < -0.4 is 0 Å². The molecule has 0 bridgehead atoms. The molecule has 2 atom stereocenters. The first kappa shape index (κ1) is 11.4. The zero-order valence-corrected chi connectivity index (χ0v) is 10.6. The average molecular weight is 245 g/mol. The minimum atomic E-state index is -1.61. The van der Waals surface area contributed by atoms with Crippen LogP contribution in [0.25, 0.3) is 0 Å². The summed E-state index contributed by atoms with van der Waals surface area (Å²) in [6, 6.07) is 7.01. The molecule has 0 saturated carbocycles. The van der Waals surface area contributed by atoms with E-state index in [1.807, 2.05) is 20.8 Å². The number of aliphatic hydroxyl groups is 1. The van der Waals surface area contributed by atoms with Gasteiger partial charge in [-0.2, -0.15) is 0 Å². The van der Waals surface area contributed by atoms with Gasteiger partial charge in [-0.15, -0.1) is 0 Å². The highest BCUT2D eigenvalue weighted by Crippen LogP contribution is 2.49. The minimum absolute atomic E-state index is 0.112. The largest absolute Gasteiger partial charge is 0.354 e. The Morgan fingerprint density at radius 1 is 1.33 bits per heavy atom. The molecule has 18 heavy (non-hydrogen) atoms. The molecule has 0 fully saturated rings. The van der Waals surface area contributed by atoms with E-state index in [2.05, 4.69) is 5.16 Å². The minimum Gasteiger partial charge on any atom is -0.354 e. The number of carbonyl (C=O) groups is 1. The summed E-state index contributed by atoms with van der Waals surface area (Å²) in [6.07, 6.45) is 0. The molecular formula is C14H15NO3. The van der Waals surface area contributed by atoms with Crippen molar-refractivity contribution < 1.29 is 14.7 Å². The zero-order valence-electron chi connectivity index (χ0n) is 10.6. The maximum Gasteiger partial charge on any atom is 0.277 e. The fraction of sp³-hybridized carbons (Fsp3) is 0.429. The van der Waals surface area contributed by atoms with Crippen molar-refractivity contribution in [2.45, 2.75) is 26.6 Å². The lowest BCUT2D eigenvalue weighted by atomic mass is 9.79. The maximum atomic E-state index is 12.4. The van der Waals surface area contributed by atoms with Gasteiger partial charge in [-0.3, -0.25) is 4.79 Å². The van der Waals surface area contributed by atoms with E-state index >= 15 is 0 Å². The second-order valence-electron chi connectivity index (χ2n) is 5.86. The molecule has 1 aliphatic heterocycles. The normalized spacial score (nSPS) is 29.7. The molecule has 0 radical (unpaired) electrons. The van der Waals surface area contributed by atoms with Crippen molar-refractivity contribution in [2.75, 3.05) is 0 Å². The van der Waals surface area contributed by atoms with Crippen LogP contribution in [0.4, 0.5) is 0 Å². The van der Waals surface area contributed by atoms with Crippen LogP contribution in [-0.2, 0) is 10.6 Å². The number of fused-ring (bicyclic) bond motifs is 3. The Morgan fingerprint density at radius 3 is 2.67 bits per heavy atom. The number of benzene rings is 1. The summed E-state index contributed by atoms with van der Waals surface area (Å²) < 4.78 is 0.